The van der Waals surface area contributed by atoms with E-state index in [9.17, 15) is 4.79 Å². The molecule has 1 N–H and O–H groups in total. The summed E-state index contributed by atoms with van der Waals surface area (Å²) >= 11 is 0. The molecule has 2 amide bonds. The number of methoxy groups -OCH3 is 1. The predicted octanol–water partition coefficient (Wildman–Crippen LogP) is 0.825. The zero-order valence-corrected chi connectivity index (χ0v) is 7.83. The summed E-state index contributed by atoms with van der Waals surface area (Å²) in [5.41, 5.74) is 0.723. The topological polar surface area (TPSA) is 41.6 Å². The number of anilines is 1. The van der Waals surface area contributed by atoms with Crippen LogP contribution >= 0.6 is 0 Å². The van der Waals surface area contributed by atoms with E-state index in [1.807, 2.05) is 0 Å². The molecule has 1 aliphatic heterocycles. The maximum absolute atomic E-state index is 11.3. The smallest absolute Gasteiger partial charge is 0.322 e. The summed E-state index contributed by atoms with van der Waals surface area (Å²) in [5, 5.41) is 2.72. The molecule has 4 nitrogen and oxygen atoms in total. The summed E-state index contributed by atoms with van der Waals surface area (Å²) in [6.07, 6.45) is 0. The number of urea groups is 1. The molecule has 0 spiro atoms. The Bertz CT molecular complexity index is 334. The van der Waals surface area contributed by atoms with Crippen LogP contribution in [-0.2, 0) is 0 Å². The Morgan fingerprint density at radius 3 is 2.86 bits per heavy atom. The Kier molecular flexibility index (Phi) is 2.15. The van der Waals surface area contributed by atoms with Gasteiger partial charge in [-0.1, -0.05) is 0 Å². The molecule has 0 saturated carbocycles. The van der Waals surface area contributed by atoms with E-state index in [-0.39, 0.29) is 6.03 Å². The number of carbonyl (C=O) groups is 1. The summed E-state index contributed by atoms with van der Waals surface area (Å²) in [5.74, 6) is 0.619. The van der Waals surface area contributed by atoms with E-state index in [4.69, 9.17) is 4.74 Å². The van der Waals surface area contributed by atoms with Crippen molar-refractivity contribution in [2.75, 3.05) is 25.1 Å². The molecule has 0 atom stereocenters. The summed E-state index contributed by atoms with van der Waals surface area (Å²) in [4.78, 5) is 12.9. The highest BCUT2D eigenvalue weighted by Gasteiger charge is 2.20. The molecule has 1 fully saturated rings. The predicted molar refractivity (Wildman–Crippen MR) is 51.4 cm³/mol. The van der Waals surface area contributed by atoms with Crippen LogP contribution in [-0.4, -0.2) is 26.2 Å². The van der Waals surface area contributed by atoms with Crippen molar-refractivity contribution < 1.29 is 9.53 Å². The molecular weight excluding hydrogens is 180 g/mol. The van der Waals surface area contributed by atoms with Gasteiger partial charge in [-0.05, 0) is 24.3 Å². The lowest BCUT2D eigenvalue weighted by atomic mass is 10.3. The van der Waals surface area contributed by atoms with Crippen LogP contribution in [0.15, 0.2) is 12.1 Å². The molecule has 1 heterocycles. The minimum Gasteiger partial charge on any atom is -0.489 e. The second-order valence-corrected chi connectivity index (χ2v) is 2.92. The van der Waals surface area contributed by atoms with Crippen LogP contribution in [0.1, 0.15) is 0 Å². The summed E-state index contributed by atoms with van der Waals surface area (Å²) in [7, 11) is 1.57. The zero-order valence-electron chi connectivity index (χ0n) is 7.83. The molecule has 0 unspecified atom stereocenters. The molecule has 0 aromatic heterocycles. The van der Waals surface area contributed by atoms with Gasteiger partial charge in [0.1, 0.15) is 0 Å². The molecule has 0 bridgehead atoms. The zero-order chi connectivity index (χ0) is 9.97. The van der Waals surface area contributed by atoms with Crippen LogP contribution in [0, 0.1) is 12.1 Å². The van der Waals surface area contributed by atoms with E-state index in [1.54, 1.807) is 24.1 Å². The molecule has 2 rings (SSSR count). The number of hydrogen-bond donors (Lipinski definition) is 1. The van der Waals surface area contributed by atoms with Crippen molar-refractivity contribution in [3.8, 4) is 5.75 Å². The fourth-order valence-corrected chi connectivity index (χ4v) is 1.34. The molecule has 0 aliphatic carbocycles. The molecular formula is C10H10N2O2. The maximum atomic E-state index is 11.3. The average molecular weight is 190 g/mol. The van der Waals surface area contributed by atoms with Crippen LogP contribution in [0.3, 0.4) is 0 Å². The van der Waals surface area contributed by atoms with Gasteiger partial charge in [0.25, 0.3) is 0 Å². The van der Waals surface area contributed by atoms with Gasteiger partial charge < -0.3 is 10.1 Å². The van der Waals surface area contributed by atoms with Gasteiger partial charge in [0.15, 0.2) is 5.75 Å². The first-order valence-electron chi connectivity index (χ1n) is 4.34. The Morgan fingerprint density at radius 1 is 1.50 bits per heavy atom. The van der Waals surface area contributed by atoms with Crippen molar-refractivity contribution in [2.24, 2.45) is 0 Å². The van der Waals surface area contributed by atoms with Crippen molar-refractivity contribution in [3.05, 3.63) is 24.3 Å². The molecule has 0 radical (unpaired) electrons. The minimum absolute atomic E-state index is 0.0835. The second kappa shape index (κ2) is 3.46. The fraction of sp³-hybridized carbons (Fsp3) is 0.300. The molecule has 1 aromatic carbocycles. The van der Waals surface area contributed by atoms with E-state index in [2.05, 4.69) is 17.4 Å². The van der Waals surface area contributed by atoms with Crippen molar-refractivity contribution in [1.29, 1.82) is 0 Å². The normalized spacial score (nSPS) is 14.9. The second-order valence-electron chi connectivity index (χ2n) is 2.92. The standard InChI is InChI=1S/C10H10N2O2/c1-14-9-4-2-8(3-5-9)12-7-6-11-10(12)13/h2,4H,6-7H2,1H3,(H,11,13). The molecule has 4 heteroatoms. The lowest BCUT2D eigenvalue weighted by molar-refractivity contribution is 0.252. The summed E-state index contributed by atoms with van der Waals surface area (Å²) < 4.78 is 4.95. The van der Waals surface area contributed by atoms with Crippen LogP contribution < -0.4 is 15.0 Å². The van der Waals surface area contributed by atoms with Gasteiger partial charge in [0.2, 0.25) is 0 Å². The number of nitrogens with zero attached hydrogens (tertiary/aromatic N) is 1. The van der Waals surface area contributed by atoms with Crippen molar-refractivity contribution in [1.82, 2.24) is 5.32 Å². The van der Waals surface area contributed by atoms with E-state index >= 15 is 0 Å². The highest BCUT2D eigenvalue weighted by Crippen LogP contribution is 2.15. The largest absolute Gasteiger partial charge is 0.489 e. The quantitative estimate of drug-likeness (QED) is 0.750. The number of carbonyl (C=O) groups excluding carboxylic acids is 1. The minimum atomic E-state index is -0.0835. The lowest BCUT2D eigenvalue weighted by Crippen LogP contribution is -2.27. The van der Waals surface area contributed by atoms with E-state index < -0.39 is 0 Å². The van der Waals surface area contributed by atoms with Gasteiger partial charge in [0, 0.05) is 13.1 Å². The number of hydrogen-bond acceptors (Lipinski definition) is 2. The first-order valence-corrected chi connectivity index (χ1v) is 4.34. The van der Waals surface area contributed by atoms with Crippen molar-refractivity contribution >= 4 is 11.7 Å². The highest BCUT2D eigenvalue weighted by molar-refractivity contribution is 5.93. The highest BCUT2D eigenvalue weighted by atomic mass is 16.5. The van der Waals surface area contributed by atoms with Crippen molar-refractivity contribution in [3.63, 3.8) is 0 Å². The third kappa shape index (κ3) is 1.44. The third-order valence-electron chi connectivity index (χ3n) is 2.07. The molecule has 14 heavy (non-hydrogen) atoms. The number of amides is 2. The third-order valence-corrected chi connectivity index (χ3v) is 2.07. The Labute approximate surface area is 82.5 Å². The Balaban J connectivity index is 2.20. The fourth-order valence-electron chi connectivity index (χ4n) is 1.34. The maximum Gasteiger partial charge on any atom is 0.322 e. The van der Waals surface area contributed by atoms with Gasteiger partial charge in [-0.25, -0.2) is 4.79 Å². The van der Waals surface area contributed by atoms with Gasteiger partial charge in [-0.15, -0.1) is 0 Å². The van der Waals surface area contributed by atoms with Gasteiger partial charge in [-0.3, -0.25) is 4.90 Å². The van der Waals surface area contributed by atoms with Crippen LogP contribution in [0.5, 0.6) is 5.75 Å². The van der Waals surface area contributed by atoms with Crippen LogP contribution in [0.25, 0.3) is 0 Å². The van der Waals surface area contributed by atoms with Crippen LogP contribution in [0.2, 0.25) is 0 Å². The summed E-state index contributed by atoms with van der Waals surface area (Å²) in [6, 6.07) is 9.16. The SMILES string of the molecule is COc1c#cc(N2CCNC2=O)cc1. The van der Waals surface area contributed by atoms with Gasteiger partial charge in [-0.2, -0.15) is 0 Å². The van der Waals surface area contributed by atoms with Crippen molar-refractivity contribution in [2.45, 2.75) is 0 Å². The van der Waals surface area contributed by atoms with E-state index in [0.717, 1.165) is 5.69 Å². The lowest BCUT2D eigenvalue weighted by Gasteiger charge is -2.11. The monoisotopic (exact) mass is 190 g/mol. The van der Waals surface area contributed by atoms with E-state index in [1.165, 1.54) is 0 Å². The Morgan fingerprint density at radius 2 is 2.36 bits per heavy atom. The Hall–Kier alpha value is -1.89. The molecule has 1 aliphatic rings. The van der Waals surface area contributed by atoms with Gasteiger partial charge in [0.05, 0.1) is 12.8 Å². The number of ether oxygens (including phenoxy) is 1. The number of rotatable bonds is 2. The first kappa shape index (κ1) is 8.70. The van der Waals surface area contributed by atoms with Crippen LogP contribution in [0.4, 0.5) is 10.5 Å². The molecule has 1 aromatic rings. The summed E-state index contributed by atoms with van der Waals surface area (Å²) in [6.45, 7) is 1.36. The molecule has 1 saturated heterocycles. The molecule has 72 valence electrons. The average Bonchev–Trinajstić information content (AvgIpc) is 2.65. The van der Waals surface area contributed by atoms with Gasteiger partial charge >= 0.3 is 6.03 Å². The number of nitrogens with one attached hydrogen (secondary N) is 1. The first-order chi connectivity index (χ1) is 6.81. The van der Waals surface area contributed by atoms with E-state index in [0.29, 0.717) is 18.8 Å².